The highest BCUT2D eigenvalue weighted by Crippen LogP contribution is 2.41. The van der Waals surface area contributed by atoms with Crippen molar-refractivity contribution in [3.05, 3.63) is 64.2 Å². The predicted molar refractivity (Wildman–Crippen MR) is 140 cm³/mol. The number of hydrogen-bond donors (Lipinski definition) is 0. The molecular formula is C27H36N4O2S. The van der Waals surface area contributed by atoms with E-state index in [0.717, 1.165) is 49.6 Å². The molecule has 2 heterocycles. The molecule has 7 heteroatoms. The molecule has 0 saturated carbocycles. The van der Waals surface area contributed by atoms with E-state index >= 15 is 0 Å². The SMILES string of the molecule is CCCN(Cc1ccc(S(C)(=O)=O)cc1)c1c2c(nn1C)N(c1c(C)cc(C)cc1C)CCC2. The number of aryl methyl sites for hydroxylation is 4. The summed E-state index contributed by atoms with van der Waals surface area (Å²) < 4.78 is 25.7. The molecule has 1 aliphatic heterocycles. The maximum atomic E-state index is 11.8. The zero-order valence-corrected chi connectivity index (χ0v) is 22.0. The van der Waals surface area contributed by atoms with Gasteiger partial charge in [-0.25, -0.2) is 8.42 Å². The standard InChI is InChI=1S/C27H36N4O2S/c1-7-14-30(18-22-10-12-23(13-11-22)34(6,32)33)27-24-9-8-15-31(26(24)28-29(27)5)25-20(3)16-19(2)17-21(25)4/h10-13,16-17H,7-9,14-15,18H2,1-6H3. The van der Waals surface area contributed by atoms with Crippen molar-refractivity contribution < 1.29 is 8.42 Å². The predicted octanol–water partition coefficient (Wildman–Crippen LogP) is 5.25. The summed E-state index contributed by atoms with van der Waals surface area (Å²) in [5.41, 5.74) is 7.52. The van der Waals surface area contributed by atoms with E-state index in [0.29, 0.717) is 11.4 Å². The molecule has 3 aromatic rings. The summed E-state index contributed by atoms with van der Waals surface area (Å²) in [6, 6.07) is 11.8. The molecule has 0 saturated heterocycles. The third-order valence-corrected chi connectivity index (χ3v) is 7.71. The number of hydrogen-bond acceptors (Lipinski definition) is 5. The molecular weight excluding hydrogens is 444 g/mol. The first-order valence-corrected chi connectivity index (χ1v) is 13.9. The fourth-order valence-electron chi connectivity index (χ4n) is 5.31. The van der Waals surface area contributed by atoms with Crippen LogP contribution in [0.3, 0.4) is 0 Å². The molecule has 1 aliphatic rings. The molecule has 0 N–H and O–H groups in total. The van der Waals surface area contributed by atoms with E-state index in [4.69, 9.17) is 5.10 Å². The molecule has 0 fully saturated rings. The van der Waals surface area contributed by atoms with Crippen molar-refractivity contribution in [3.8, 4) is 0 Å². The highest BCUT2D eigenvalue weighted by atomic mass is 32.2. The molecule has 0 radical (unpaired) electrons. The molecule has 0 spiro atoms. The Morgan fingerprint density at radius 3 is 2.29 bits per heavy atom. The number of nitrogens with zero attached hydrogens (tertiary/aromatic N) is 4. The lowest BCUT2D eigenvalue weighted by atomic mass is 10.00. The third-order valence-electron chi connectivity index (χ3n) is 6.58. The van der Waals surface area contributed by atoms with Crippen molar-refractivity contribution in [1.82, 2.24) is 9.78 Å². The van der Waals surface area contributed by atoms with Crippen molar-refractivity contribution >= 4 is 27.2 Å². The van der Waals surface area contributed by atoms with Crippen LogP contribution in [0.15, 0.2) is 41.3 Å². The van der Waals surface area contributed by atoms with Crippen LogP contribution in [0.5, 0.6) is 0 Å². The first-order valence-electron chi connectivity index (χ1n) is 12.0. The molecule has 0 unspecified atom stereocenters. The van der Waals surface area contributed by atoms with E-state index in [-0.39, 0.29) is 0 Å². The molecule has 1 aromatic heterocycles. The van der Waals surface area contributed by atoms with Gasteiger partial charge in [-0.1, -0.05) is 36.8 Å². The largest absolute Gasteiger partial charge is 0.352 e. The van der Waals surface area contributed by atoms with E-state index in [2.05, 4.69) is 49.6 Å². The summed E-state index contributed by atoms with van der Waals surface area (Å²) in [5.74, 6) is 2.23. The number of fused-ring (bicyclic) bond motifs is 1. The van der Waals surface area contributed by atoms with Crippen molar-refractivity contribution in [2.24, 2.45) is 7.05 Å². The Hall–Kier alpha value is -2.80. The molecule has 0 bridgehead atoms. The molecule has 6 nitrogen and oxygen atoms in total. The molecule has 0 amide bonds. The van der Waals surface area contributed by atoms with Crippen LogP contribution in [0.4, 0.5) is 17.3 Å². The van der Waals surface area contributed by atoms with Crippen LogP contribution in [0.1, 0.15) is 47.6 Å². The Labute approximate surface area is 204 Å². The van der Waals surface area contributed by atoms with Crippen LogP contribution in [0, 0.1) is 20.8 Å². The Balaban J connectivity index is 1.72. The summed E-state index contributed by atoms with van der Waals surface area (Å²) in [4.78, 5) is 5.15. The fourth-order valence-corrected chi connectivity index (χ4v) is 5.94. The molecule has 0 aliphatic carbocycles. The normalized spacial score (nSPS) is 13.8. The smallest absolute Gasteiger partial charge is 0.175 e. The van der Waals surface area contributed by atoms with Gasteiger partial charge in [-0.3, -0.25) is 4.68 Å². The summed E-state index contributed by atoms with van der Waals surface area (Å²) in [6.07, 6.45) is 4.35. The molecule has 182 valence electrons. The van der Waals surface area contributed by atoms with Gasteiger partial charge in [0.25, 0.3) is 0 Å². The van der Waals surface area contributed by atoms with Gasteiger partial charge in [-0.2, -0.15) is 5.10 Å². The minimum Gasteiger partial charge on any atom is -0.352 e. The number of rotatable bonds is 7. The topological polar surface area (TPSA) is 58.4 Å². The zero-order valence-electron chi connectivity index (χ0n) is 21.2. The summed E-state index contributed by atoms with van der Waals surface area (Å²) in [7, 11) is -1.16. The van der Waals surface area contributed by atoms with Gasteiger partial charge in [0.1, 0.15) is 5.82 Å². The van der Waals surface area contributed by atoms with Crippen LogP contribution in [-0.4, -0.2) is 37.5 Å². The number of aromatic nitrogens is 2. The van der Waals surface area contributed by atoms with Crippen LogP contribution in [-0.2, 0) is 29.9 Å². The first-order chi connectivity index (χ1) is 16.1. The maximum Gasteiger partial charge on any atom is 0.175 e. The van der Waals surface area contributed by atoms with Crippen LogP contribution in [0.25, 0.3) is 0 Å². The van der Waals surface area contributed by atoms with E-state index in [1.807, 2.05) is 23.9 Å². The van der Waals surface area contributed by atoms with E-state index in [1.165, 1.54) is 34.2 Å². The van der Waals surface area contributed by atoms with Gasteiger partial charge in [0.2, 0.25) is 0 Å². The van der Waals surface area contributed by atoms with E-state index in [1.54, 1.807) is 12.1 Å². The van der Waals surface area contributed by atoms with Crippen molar-refractivity contribution in [2.45, 2.75) is 58.4 Å². The van der Waals surface area contributed by atoms with Crippen LogP contribution in [0.2, 0.25) is 0 Å². The first kappa shape index (κ1) is 24.3. The summed E-state index contributed by atoms with van der Waals surface area (Å²) in [6.45, 7) is 11.3. The second-order valence-corrected chi connectivity index (χ2v) is 11.6. The lowest BCUT2D eigenvalue weighted by Gasteiger charge is -2.32. The van der Waals surface area contributed by atoms with E-state index < -0.39 is 9.84 Å². The van der Waals surface area contributed by atoms with Crippen LogP contribution >= 0.6 is 0 Å². The maximum absolute atomic E-state index is 11.8. The Morgan fingerprint density at radius 1 is 1.06 bits per heavy atom. The molecule has 0 atom stereocenters. The van der Waals surface area contributed by atoms with Crippen molar-refractivity contribution in [2.75, 3.05) is 29.1 Å². The second kappa shape index (κ2) is 9.45. The minimum atomic E-state index is -3.20. The Kier molecular flexibility index (Phi) is 6.76. The second-order valence-electron chi connectivity index (χ2n) is 9.59. The molecule has 34 heavy (non-hydrogen) atoms. The van der Waals surface area contributed by atoms with Gasteiger partial charge in [-0.05, 0) is 68.9 Å². The third kappa shape index (κ3) is 4.71. The van der Waals surface area contributed by atoms with Gasteiger partial charge in [-0.15, -0.1) is 0 Å². The van der Waals surface area contributed by atoms with Gasteiger partial charge >= 0.3 is 0 Å². The summed E-state index contributed by atoms with van der Waals surface area (Å²) >= 11 is 0. The van der Waals surface area contributed by atoms with Crippen LogP contribution < -0.4 is 9.80 Å². The quantitative estimate of drug-likeness (QED) is 0.462. The number of benzene rings is 2. The Bertz CT molecular complexity index is 1270. The average Bonchev–Trinajstić information content (AvgIpc) is 3.09. The number of sulfone groups is 1. The Morgan fingerprint density at radius 2 is 1.71 bits per heavy atom. The average molecular weight is 481 g/mol. The molecule has 2 aromatic carbocycles. The minimum absolute atomic E-state index is 0.357. The van der Waals surface area contributed by atoms with E-state index in [9.17, 15) is 8.42 Å². The molecule has 4 rings (SSSR count). The van der Waals surface area contributed by atoms with Crippen molar-refractivity contribution in [3.63, 3.8) is 0 Å². The fraction of sp³-hybridized carbons (Fsp3) is 0.444. The lowest BCUT2D eigenvalue weighted by molar-refractivity contribution is 0.602. The van der Waals surface area contributed by atoms with Gasteiger partial charge in [0, 0.05) is 44.2 Å². The summed E-state index contributed by atoms with van der Waals surface area (Å²) in [5, 5.41) is 5.03. The highest BCUT2D eigenvalue weighted by molar-refractivity contribution is 7.90. The van der Waals surface area contributed by atoms with Gasteiger partial charge in [0.05, 0.1) is 4.90 Å². The van der Waals surface area contributed by atoms with Gasteiger partial charge < -0.3 is 9.80 Å². The monoisotopic (exact) mass is 480 g/mol. The van der Waals surface area contributed by atoms with Gasteiger partial charge in [0.15, 0.2) is 15.7 Å². The highest BCUT2D eigenvalue weighted by Gasteiger charge is 2.29. The van der Waals surface area contributed by atoms with Crippen molar-refractivity contribution in [1.29, 1.82) is 0 Å². The zero-order chi connectivity index (χ0) is 24.6. The lowest BCUT2D eigenvalue weighted by Crippen LogP contribution is -2.29. The number of anilines is 3.